The number of fused-ring (bicyclic) bond motifs is 7. The van der Waals surface area contributed by atoms with Crippen LogP contribution in [0.15, 0.2) is 268 Å². The number of rotatable bonds is 8. The Morgan fingerprint density at radius 1 is 0.437 bits per heavy atom. The summed E-state index contributed by atoms with van der Waals surface area (Å²) in [5.41, 5.74) is 11.9. The number of nitrogens with one attached hydrogen (secondary N) is 2. The Bertz CT molecular complexity index is 3950. The molecule has 2 aliphatic rings. The highest BCUT2D eigenvalue weighted by atomic mass is 32.3. The quantitative estimate of drug-likeness (QED) is 0.149. The first-order valence-corrected chi connectivity index (χ1v) is 26.8. The zero-order valence-corrected chi connectivity index (χ0v) is 40.4. The SMILES string of the molecule is C1=Cc2cccc(C3Nc4ccccc4N3c3cccc(-c4c5ccccc5c(-c5ccc(S(c6ccccc6)(c6ccccc6)c6ccc7c(c6)sc6ccccc67)cc5)c5ccccc45)c3)c2NC1. The molecule has 0 radical (unpaired) electrons. The Morgan fingerprint density at radius 3 is 1.73 bits per heavy atom. The standard InChI is InChI=1S/C66H47N3S2/c1-3-22-48(23-4-1)71(49-24-5-2-6-25-49,51-39-40-53-52-26-11-14-34-61(52)70-62(53)43-51)50-37-35-44(36-38-50)63-54-27-7-9-29-56(54)64(57-30-10-8-28-55(57)63)46-19-15-21-47(42-46)69-60-33-13-12-32-59(60)68-66(69)58-31-16-18-45-20-17-41-67-65(45)58/h1-40,42-43,66-68H,41H2. The van der Waals surface area contributed by atoms with Crippen LogP contribution in [0.25, 0.3) is 70.0 Å². The fourth-order valence-corrected chi connectivity index (χ4v) is 16.6. The van der Waals surface area contributed by atoms with Gasteiger partial charge in [0.25, 0.3) is 0 Å². The second kappa shape index (κ2) is 17.0. The van der Waals surface area contributed by atoms with Gasteiger partial charge in [0.1, 0.15) is 6.17 Å². The Balaban J connectivity index is 0.930. The highest BCUT2D eigenvalue weighted by Crippen LogP contribution is 2.74. The number of nitrogens with zero attached hydrogens (tertiary/aromatic N) is 1. The molecule has 5 heteroatoms. The van der Waals surface area contributed by atoms with Crippen molar-refractivity contribution in [2.45, 2.75) is 25.7 Å². The van der Waals surface area contributed by atoms with Crippen LogP contribution in [0.5, 0.6) is 0 Å². The van der Waals surface area contributed by atoms with Crippen molar-refractivity contribution in [3.05, 3.63) is 260 Å². The molecule has 1 unspecified atom stereocenters. The predicted molar refractivity (Wildman–Crippen MR) is 304 cm³/mol. The summed E-state index contributed by atoms with van der Waals surface area (Å²) in [5, 5.41) is 15.2. The minimum absolute atomic E-state index is 0.0986. The summed E-state index contributed by atoms with van der Waals surface area (Å²) in [5.74, 6) is 0. The summed E-state index contributed by atoms with van der Waals surface area (Å²) in [6.07, 6.45) is 4.32. The van der Waals surface area contributed by atoms with E-state index in [-0.39, 0.29) is 6.17 Å². The summed E-state index contributed by atoms with van der Waals surface area (Å²) in [7, 11) is -1.93. The molecule has 0 bridgehead atoms. The number of benzene rings is 11. The zero-order valence-electron chi connectivity index (χ0n) is 38.8. The predicted octanol–water partition coefficient (Wildman–Crippen LogP) is 18.7. The van der Waals surface area contributed by atoms with Crippen LogP contribution in [-0.2, 0) is 0 Å². The van der Waals surface area contributed by atoms with Gasteiger partial charge in [0.2, 0.25) is 0 Å². The molecule has 12 aromatic rings. The van der Waals surface area contributed by atoms with Crippen LogP contribution in [0.1, 0.15) is 17.3 Å². The highest BCUT2D eigenvalue weighted by molar-refractivity contribution is 8.34. The third-order valence-corrected chi connectivity index (χ3v) is 19.6. The molecule has 71 heavy (non-hydrogen) atoms. The van der Waals surface area contributed by atoms with Crippen LogP contribution in [0.3, 0.4) is 0 Å². The van der Waals surface area contributed by atoms with Crippen molar-refractivity contribution in [1.29, 1.82) is 0 Å². The summed E-state index contributed by atoms with van der Waals surface area (Å²) in [6, 6.07) is 90.7. The maximum atomic E-state index is 3.91. The van der Waals surface area contributed by atoms with Gasteiger partial charge >= 0.3 is 0 Å². The highest BCUT2D eigenvalue weighted by Gasteiger charge is 2.35. The Labute approximate surface area is 419 Å². The first kappa shape index (κ1) is 41.6. The summed E-state index contributed by atoms with van der Waals surface area (Å²) < 4.78 is 2.64. The van der Waals surface area contributed by atoms with Crippen molar-refractivity contribution < 1.29 is 0 Å². The van der Waals surface area contributed by atoms with E-state index in [2.05, 4.69) is 270 Å². The second-order valence-electron chi connectivity index (χ2n) is 18.4. The Hall–Kier alpha value is -8.35. The van der Waals surface area contributed by atoms with Gasteiger partial charge in [0, 0.05) is 63.2 Å². The molecule has 0 spiro atoms. The number of hydrogen-bond donors (Lipinski definition) is 2. The lowest BCUT2D eigenvalue weighted by Gasteiger charge is -2.42. The topological polar surface area (TPSA) is 27.3 Å². The van der Waals surface area contributed by atoms with Gasteiger partial charge in [0.15, 0.2) is 0 Å². The monoisotopic (exact) mass is 945 g/mol. The van der Waals surface area contributed by atoms with E-state index in [9.17, 15) is 0 Å². The smallest absolute Gasteiger partial charge is 0.132 e. The fourth-order valence-electron chi connectivity index (χ4n) is 11.5. The number of para-hydroxylation sites is 3. The summed E-state index contributed by atoms with van der Waals surface area (Å²) in [4.78, 5) is 7.75. The van der Waals surface area contributed by atoms with Gasteiger partial charge in [-0.1, -0.05) is 176 Å². The molecule has 2 N–H and O–H groups in total. The normalized spacial score (nSPS) is 14.4. The molecule has 2 aliphatic heterocycles. The Morgan fingerprint density at radius 2 is 1.01 bits per heavy atom. The first-order chi connectivity index (χ1) is 35.2. The molecular weight excluding hydrogens is 899 g/mol. The molecule has 0 fully saturated rings. The van der Waals surface area contributed by atoms with Crippen molar-refractivity contribution in [3.63, 3.8) is 0 Å². The number of thiophene rings is 1. The maximum absolute atomic E-state index is 3.91. The summed E-state index contributed by atoms with van der Waals surface area (Å²) >= 11 is 1.89. The average Bonchev–Trinajstić information content (AvgIpc) is 4.02. The van der Waals surface area contributed by atoms with E-state index in [4.69, 9.17) is 0 Å². The molecule has 11 aromatic carbocycles. The molecule has 1 aromatic heterocycles. The molecular formula is C66H47N3S2. The molecule has 0 amide bonds. The van der Waals surface area contributed by atoms with Gasteiger partial charge in [-0.25, -0.2) is 0 Å². The van der Waals surface area contributed by atoms with E-state index in [0.717, 1.165) is 23.6 Å². The molecule has 338 valence electrons. The van der Waals surface area contributed by atoms with Gasteiger partial charge in [-0.05, 0) is 128 Å². The van der Waals surface area contributed by atoms with Gasteiger partial charge in [0.05, 0.1) is 11.4 Å². The first-order valence-electron chi connectivity index (χ1n) is 24.4. The maximum Gasteiger partial charge on any atom is 0.132 e. The van der Waals surface area contributed by atoms with Gasteiger partial charge in [-0.2, -0.15) is 0 Å². The van der Waals surface area contributed by atoms with Gasteiger partial charge < -0.3 is 15.5 Å². The largest absolute Gasteiger partial charge is 0.381 e. The molecule has 0 aliphatic carbocycles. The van der Waals surface area contributed by atoms with Gasteiger partial charge in [-0.15, -0.1) is 21.4 Å². The van der Waals surface area contributed by atoms with E-state index < -0.39 is 10.0 Å². The second-order valence-corrected chi connectivity index (χ2v) is 22.6. The lowest BCUT2D eigenvalue weighted by atomic mass is 9.86. The van der Waals surface area contributed by atoms with E-state index in [0.29, 0.717) is 0 Å². The van der Waals surface area contributed by atoms with Gasteiger partial charge in [-0.3, -0.25) is 0 Å². The zero-order chi connectivity index (χ0) is 46.9. The molecule has 3 nitrogen and oxygen atoms in total. The van der Waals surface area contributed by atoms with E-state index >= 15 is 0 Å². The van der Waals surface area contributed by atoms with E-state index in [1.165, 1.54) is 100 Å². The molecule has 0 saturated heterocycles. The fraction of sp³-hybridized carbons (Fsp3) is 0.0303. The average molecular weight is 946 g/mol. The third-order valence-electron chi connectivity index (χ3n) is 14.6. The molecule has 0 saturated carbocycles. The van der Waals surface area contributed by atoms with Crippen molar-refractivity contribution in [2.24, 2.45) is 0 Å². The van der Waals surface area contributed by atoms with Crippen molar-refractivity contribution in [3.8, 4) is 22.3 Å². The van der Waals surface area contributed by atoms with Crippen molar-refractivity contribution in [2.75, 3.05) is 22.1 Å². The minimum atomic E-state index is -1.93. The van der Waals surface area contributed by atoms with Crippen LogP contribution < -0.4 is 15.5 Å². The molecule has 14 rings (SSSR count). The van der Waals surface area contributed by atoms with Crippen LogP contribution in [0, 0.1) is 0 Å². The van der Waals surface area contributed by atoms with E-state index in [1.807, 2.05) is 11.3 Å². The van der Waals surface area contributed by atoms with Crippen LogP contribution in [0.2, 0.25) is 0 Å². The summed E-state index contributed by atoms with van der Waals surface area (Å²) in [6.45, 7) is 0.813. The van der Waals surface area contributed by atoms with Crippen molar-refractivity contribution >= 4 is 91.9 Å². The van der Waals surface area contributed by atoms with Crippen LogP contribution in [0.4, 0.5) is 22.7 Å². The lowest BCUT2D eigenvalue weighted by Crippen LogP contribution is -2.25. The van der Waals surface area contributed by atoms with Crippen LogP contribution in [-0.4, -0.2) is 6.54 Å². The third kappa shape index (κ3) is 6.65. The molecule has 1 atom stereocenters. The van der Waals surface area contributed by atoms with Crippen molar-refractivity contribution in [1.82, 2.24) is 0 Å². The number of hydrogen-bond acceptors (Lipinski definition) is 4. The minimum Gasteiger partial charge on any atom is -0.381 e. The number of anilines is 4. The Kier molecular flexibility index (Phi) is 9.94. The van der Waals surface area contributed by atoms with Crippen LogP contribution >= 0.6 is 21.4 Å². The lowest BCUT2D eigenvalue weighted by molar-refractivity contribution is 0.828. The molecule has 3 heterocycles. The van der Waals surface area contributed by atoms with E-state index in [1.54, 1.807) is 0 Å².